The van der Waals surface area contributed by atoms with Gasteiger partial charge in [0.15, 0.2) is 10.8 Å². The van der Waals surface area contributed by atoms with Crippen molar-refractivity contribution >= 4 is 29.3 Å². The Morgan fingerprint density at radius 1 is 1.37 bits per heavy atom. The Kier molecular flexibility index (Phi) is 7.99. The molecule has 2 rings (SSSR count). The minimum Gasteiger partial charge on any atom is -0.507 e. The van der Waals surface area contributed by atoms with Crippen LogP contribution in [0.2, 0.25) is 0 Å². The number of hydrogen-bond acceptors (Lipinski definition) is 7. The summed E-state index contributed by atoms with van der Waals surface area (Å²) in [4.78, 5) is 36.2. The quantitative estimate of drug-likeness (QED) is 0.396. The monoisotopic (exact) mass is 433 g/mol. The number of aromatic hydroxyl groups is 1. The van der Waals surface area contributed by atoms with Crippen molar-refractivity contribution in [1.29, 1.82) is 0 Å². The van der Waals surface area contributed by atoms with E-state index in [9.17, 15) is 19.5 Å². The highest BCUT2D eigenvalue weighted by Gasteiger charge is 2.22. The van der Waals surface area contributed by atoms with E-state index in [4.69, 9.17) is 14.3 Å². The molecule has 0 radical (unpaired) electrons. The molecule has 1 amide bonds. The average Bonchev–Trinajstić information content (AvgIpc) is 3.14. The molecule has 0 saturated carbocycles. The molecule has 0 bridgehead atoms. The van der Waals surface area contributed by atoms with E-state index in [0.29, 0.717) is 17.9 Å². The van der Waals surface area contributed by atoms with Gasteiger partial charge in [0, 0.05) is 23.1 Å². The first-order valence-corrected chi connectivity index (χ1v) is 9.92. The van der Waals surface area contributed by atoms with Crippen molar-refractivity contribution in [2.75, 3.05) is 7.11 Å². The van der Waals surface area contributed by atoms with Crippen molar-refractivity contribution in [3.63, 3.8) is 0 Å². The third-order valence-electron chi connectivity index (χ3n) is 4.27. The molecule has 2 aromatic rings. The Bertz CT molecular complexity index is 1030. The molecule has 3 N–H and O–H groups in total. The fourth-order valence-corrected chi connectivity index (χ4v) is 3.47. The summed E-state index contributed by atoms with van der Waals surface area (Å²) >= 11 is 1.34. The number of methoxy groups -OCH3 is 1. The van der Waals surface area contributed by atoms with Crippen LogP contribution in [0.25, 0.3) is 6.08 Å². The molecule has 0 fully saturated rings. The Hall–Kier alpha value is -3.33. The zero-order valence-corrected chi connectivity index (χ0v) is 17.6. The van der Waals surface area contributed by atoms with Crippen molar-refractivity contribution < 1.29 is 29.0 Å². The summed E-state index contributed by atoms with van der Waals surface area (Å²) in [5.74, 6) is -1.02. The standard InChI is InChI=1S/C21H23NO7S/c1-12(6-4-5-9-22-21(26)27)16-11-15(23)18(20(25)29-16)19(24)13(2)10-14-7-8-17(28-3)30-14/h5,7-12,22-23H,4,6H2,1-3H3,(H,26,27)/b9-5+,13-10+. The summed E-state index contributed by atoms with van der Waals surface area (Å²) in [6.07, 6.45) is 4.48. The van der Waals surface area contributed by atoms with Gasteiger partial charge in [-0.2, -0.15) is 0 Å². The van der Waals surface area contributed by atoms with Crippen LogP contribution in [0.4, 0.5) is 4.79 Å². The molecule has 2 heterocycles. The SMILES string of the molecule is COc1ccc(/C=C(\C)C(=O)c2c(O)cc(C(C)CC/C=C/NC(=O)O)oc2=O)s1. The van der Waals surface area contributed by atoms with E-state index in [-0.39, 0.29) is 17.3 Å². The normalized spacial score (nSPS) is 12.7. The summed E-state index contributed by atoms with van der Waals surface area (Å²) in [5, 5.41) is 21.6. The summed E-state index contributed by atoms with van der Waals surface area (Å²) in [6.45, 7) is 3.36. The van der Waals surface area contributed by atoms with Crippen LogP contribution >= 0.6 is 11.3 Å². The van der Waals surface area contributed by atoms with Gasteiger partial charge in [0.05, 0.1) is 7.11 Å². The molecule has 2 aromatic heterocycles. The van der Waals surface area contributed by atoms with E-state index >= 15 is 0 Å². The van der Waals surface area contributed by atoms with Crippen LogP contribution in [-0.4, -0.2) is 29.2 Å². The Balaban J connectivity index is 2.15. The molecule has 160 valence electrons. The van der Waals surface area contributed by atoms with E-state index in [2.05, 4.69) is 5.32 Å². The van der Waals surface area contributed by atoms with Crippen molar-refractivity contribution in [2.45, 2.75) is 32.6 Å². The first-order valence-electron chi connectivity index (χ1n) is 9.11. The second kappa shape index (κ2) is 10.4. The van der Waals surface area contributed by atoms with Crippen LogP contribution in [0, 0.1) is 0 Å². The van der Waals surface area contributed by atoms with Gasteiger partial charge < -0.3 is 19.4 Å². The number of allylic oxidation sites excluding steroid dienone is 2. The number of carbonyl (C=O) groups is 2. The van der Waals surface area contributed by atoms with Gasteiger partial charge in [0.2, 0.25) is 0 Å². The number of nitrogens with one attached hydrogen (secondary N) is 1. The third-order valence-corrected chi connectivity index (χ3v) is 5.27. The van der Waals surface area contributed by atoms with Crippen molar-refractivity contribution in [2.24, 2.45) is 0 Å². The number of carboxylic acid groups (broad SMARTS) is 1. The van der Waals surface area contributed by atoms with E-state index < -0.39 is 28.8 Å². The maximum Gasteiger partial charge on any atom is 0.408 e. The number of ketones is 1. The predicted octanol–water partition coefficient (Wildman–Crippen LogP) is 4.37. The summed E-state index contributed by atoms with van der Waals surface area (Å²) in [7, 11) is 1.55. The zero-order chi connectivity index (χ0) is 22.3. The number of carbonyl (C=O) groups excluding carboxylic acids is 1. The number of ether oxygens (including phenoxy) is 1. The van der Waals surface area contributed by atoms with Crippen molar-refractivity contribution in [1.82, 2.24) is 5.32 Å². The molecule has 0 spiro atoms. The van der Waals surface area contributed by atoms with Gasteiger partial charge in [-0.1, -0.05) is 24.3 Å². The number of thiophene rings is 1. The second-order valence-electron chi connectivity index (χ2n) is 6.54. The van der Waals surface area contributed by atoms with E-state index in [0.717, 1.165) is 4.88 Å². The highest BCUT2D eigenvalue weighted by molar-refractivity contribution is 7.14. The lowest BCUT2D eigenvalue weighted by Crippen LogP contribution is -2.16. The van der Waals surface area contributed by atoms with Gasteiger partial charge in [0.25, 0.3) is 0 Å². The first-order chi connectivity index (χ1) is 14.2. The molecule has 30 heavy (non-hydrogen) atoms. The Morgan fingerprint density at radius 2 is 2.10 bits per heavy atom. The van der Waals surface area contributed by atoms with Crippen LogP contribution in [-0.2, 0) is 0 Å². The molecular weight excluding hydrogens is 410 g/mol. The van der Waals surface area contributed by atoms with Crippen LogP contribution in [0.3, 0.4) is 0 Å². The second-order valence-corrected chi connectivity index (χ2v) is 7.62. The van der Waals surface area contributed by atoms with Crippen LogP contribution in [0.1, 0.15) is 53.6 Å². The number of rotatable bonds is 9. The lowest BCUT2D eigenvalue weighted by Gasteiger charge is -2.11. The predicted molar refractivity (Wildman–Crippen MR) is 113 cm³/mol. The lowest BCUT2D eigenvalue weighted by molar-refractivity contribution is 0.102. The number of Topliss-reactive ketones (excluding diaryl/α,β-unsaturated/α-hetero) is 1. The minimum atomic E-state index is -1.15. The molecule has 0 saturated heterocycles. The summed E-state index contributed by atoms with van der Waals surface area (Å²) in [6, 6.07) is 4.83. The topological polar surface area (TPSA) is 126 Å². The molecular formula is C21H23NO7S. The van der Waals surface area contributed by atoms with Gasteiger partial charge in [-0.05, 0) is 43.5 Å². The fourth-order valence-electron chi connectivity index (χ4n) is 2.65. The molecule has 0 aliphatic heterocycles. The van der Waals surface area contributed by atoms with Gasteiger partial charge in [-0.15, -0.1) is 0 Å². The van der Waals surface area contributed by atoms with Crippen LogP contribution in [0.15, 0.2) is 45.3 Å². The summed E-state index contributed by atoms with van der Waals surface area (Å²) < 4.78 is 10.4. The van der Waals surface area contributed by atoms with Crippen LogP contribution in [0.5, 0.6) is 10.8 Å². The van der Waals surface area contributed by atoms with Gasteiger partial charge in [-0.25, -0.2) is 9.59 Å². The third kappa shape index (κ3) is 6.08. The number of hydrogen-bond donors (Lipinski definition) is 3. The highest BCUT2D eigenvalue weighted by atomic mass is 32.1. The van der Waals surface area contributed by atoms with Crippen LogP contribution < -0.4 is 15.7 Å². The van der Waals surface area contributed by atoms with E-state index in [1.165, 1.54) is 23.6 Å². The lowest BCUT2D eigenvalue weighted by atomic mass is 10.00. The smallest absolute Gasteiger partial charge is 0.408 e. The maximum absolute atomic E-state index is 12.7. The highest BCUT2D eigenvalue weighted by Crippen LogP contribution is 2.28. The molecule has 0 aliphatic carbocycles. The summed E-state index contributed by atoms with van der Waals surface area (Å²) in [5.41, 5.74) is -1.03. The van der Waals surface area contributed by atoms with Gasteiger partial charge in [0.1, 0.15) is 17.1 Å². The fraction of sp³-hybridized carbons (Fsp3) is 0.286. The molecule has 0 aliphatic rings. The molecule has 9 heteroatoms. The number of amides is 1. The molecule has 0 aromatic carbocycles. The Labute approximate surface area is 177 Å². The van der Waals surface area contributed by atoms with Gasteiger partial charge in [-0.3, -0.25) is 10.1 Å². The molecule has 1 unspecified atom stereocenters. The first kappa shape index (κ1) is 23.0. The Morgan fingerprint density at radius 3 is 2.70 bits per heavy atom. The minimum absolute atomic E-state index is 0.225. The van der Waals surface area contributed by atoms with Crippen molar-refractivity contribution in [3.8, 4) is 10.8 Å². The average molecular weight is 433 g/mol. The zero-order valence-electron chi connectivity index (χ0n) is 16.8. The van der Waals surface area contributed by atoms with E-state index in [1.807, 2.05) is 0 Å². The largest absolute Gasteiger partial charge is 0.507 e. The van der Waals surface area contributed by atoms with Crippen molar-refractivity contribution in [3.05, 3.63) is 62.7 Å². The maximum atomic E-state index is 12.7. The van der Waals surface area contributed by atoms with E-state index in [1.54, 1.807) is 45.2 Å². The molecule has 8 nitrogen and oxygen atoms in total. The van der Waals surface area contributed by atoms with Gasteiger partial charge >= 0.3 is 11.7 Å². The molecule has 1 atom stereocenters.